The Kier molecular flexibility index (Phi) is 3.63. The summed E-state index contributed by atoms with van der Waals surface area (Å²) in [5, 5.41) is 0. The lowest BCUT2D eigenvalue weighted by molar-refractivity contribution is 0.0962. The van der Waals surface area contributed by atoms with Gasteiger partial charge in [0.05, 0.1) is 0 Å². The molecule has 0 amide bonds. The van der Waals surface area contributed by atoms with Gasteiger partial charge in [-0.05, 0) is 42.4 Å². The molecule has 94 valence electrons. The van der Waals surface area contributed by atoms with Crippen LogP contribution >= 0.6 is 0 Å². The highest BCUT2D eigenvalue weighted by atomic mass is 14.7. The number of hydrogen-bond acceptors (Lipinski definition) is 1. The topological polar surface area (TPSA) is 26.0 Å². The maximum absolute atomic E-state index is 6.36. The summed E-state index contributed by atoms with van der Waals surface area (Å²) in [7, 11) is 0. The average molecular weight is 223 g/mol. The van der Waals surface area contributed by atoms with E-state index in [4.69, 9.17) is 5.73 Å². The van der Waals surface area contributed by atoms with Crippen molar-refractivity contribution in [3.8, 4) is 0 Å². The molecule has 2 fully saturated rings. The molecule has 1 nitrogen and oxygen atoms in total. The summed E-state index contributed by atoms with van der Waals surface area (Å²) in [6.07, 6.45) is 9.83. The van der Waals surface area contributed by atoms with E-state index < -0.39 is 0 Å². The fourth-order valence-corrected chi connectivity index (χ4v) is 3.94. The van der Waals surface area contributed by atoms with Gasteiger partial charge in [0.15, 0.2) is 0 Å². The van der Waals surface area contributed by atoms with Crippen LogP contribution in [0.4, 0.5) is 0 Å². The minimum atomic E-state index is 0.483. The Morgan fingerprint density at radius 1 is 0.938 bits per heavy atom. The fourth-order valence-electron chi connectivity index (χ4n) is 3.94. The Bertz CT molecular complexity index is 222. The Labute approximate surface area is 101 Å². The van der Waals surface area contributed by atoms with Gasteiger partial charge in [0, 0.05) is 6.04 Å². The zero-order valence-electron chi connectivity index (χ0n) is 11.3. The van der Waals surface area contributed by atoms with Gasteiger partial charge < -0.3 is 5.73 Å². The summed E-state index contributed by atoms with van der Waals surface area (Å²) in [4.78, 5) is 0. The van der Waals surface area contributed by atoms with Crippen LogP contribution in [0.2, 0.25) is 0 Å². The summed E-state index contributed by atoms with van der Waals surface area (Å²) < 4.78 is 0. The van der Waals surface area contributed by atoms with Gasteiger partial charge in [0.1, 0.15) is 0 Å². The molecule has 0 radical (unpaired) electrons. The SMILES string of the molecule is CC(C)(C)C1CCC(N)C(C2CCCC2)C1. The molecule has 2 N–H and O–H groups in total. The van der Waals surface area contributed by atoms with Crippen LogP contribution < -0.4 is 5.73 Å². The van der Waals surface area contributed by atoms with Crippen molar-refractivity contribution in [2.75, 3.05) is 0 Å². The van der Waals surface area contributed by atoms with E-state index in [2.05, 4.69) is 20.8 Å². The van der Waals surface area contributed by atoms with Crippen LogP contribution in [-0.4, -0.2) is 6.04 Å². The maximum Gasteiger partial charge on any atom is 0.00700 e. The van der Waals surface area contributed by atoms with Gasteiger partial charge >= 0.3 is 0 Å². The van der Waals surface area contributed by atoms with Crippen LogP contribution in [0.25, 0.3) is 0 Å². The minimum Gasteiger partial charge on any atom is -0.327 e. The summed E-state index contributed by atoms with van der Waals surface area (Å²) in [5.74, 6) is 2.69. The van der Waals surface area contributed by atoms with Gasteiger partial charge in [-0.2, -0.15) is 0 Å². The van der Waals surface area contributed by atoms with Crippen LogP contribution in [0.15, 0.2) is 0 Å². The molecule has 2 saturated carbocycles. The van der Waals surface area contributed by atoms with E-state index in [0.717, 1.165) is 17.8 Å². The Hall–Kier alpha value is -0.0400. The van der Waals surface area contributed by atoms with Crippen molar-refractivity contribution >= 4 is 0 Å². The van der Waals surface area contributed by atoms with Gasteiger partial charge in [0.2, 0.25) is 0 Å². The van der Waals surface area contributed by atoms with Gasteiger partial charge in [-0.25, -0.2) is 0 Å². The Morgan fingerprint density at radius 3 is 2.12 bits per heavy atom. The van der Waals surface area contributed by atoms with E-state index in [1.807, 2.05) is 0 Å². The molecular formula is C15H29N. The van der Waals surface area contributed by atoms with E-state index in [-0.39, 0.29) is 0 Å². The lowest BCUT2D eigenvalue weighted by atomic mass is 9.64. The summed E-state index contributed by atoms with van der Waals surface area (Å²) in [6.45, 7) is 7.21. The van der Waals surface area contributed by atoms with E-state index in [0.29, 0.717) is 11.5 Å². The maximum atomic E-state index is 6.36. The van der Waals surface area contributed by atoms with Crippen molar-refractivity contribution in [2.24, 2.45) is 28.9 Å². The second-order valence-electron chi connectivity index (χ2n) is 7.25. The predicted octanol–water partition coefficient (Wildman–Crippen LogP) is 3.97. The van der Waals surface area contributed by atoms with Crippen molar-refractivity contribution in [2.45, 2.75) is 71.8 Å². The fraction of sp³-hybridized carbons (Fsp3) is 1.00. The van der Waals surface area contributed by atoms with Crippen molar-refractivity contribution in [1.82, 2.24) is 0 Å². The lowest BCUT2D eigenvalue weighted by Crippen LogP contribution is -2.42. The summed E-state index contributed by atoms with van der Waals surface area (Å²) in [6, 6.07) is 0.502. The molecule has 3 unspecified atom stereocenters. The van der Waals surface area contributed by atoms with Crippen LogP contribution in [0.1, 0.15) is 65.7 Å². The number of rotatable bonds is 1. The van der Waals surface area contributed by atoms with Crippen molar-refractivity contribution in [1.29, 1.82) is 0 Å². The van der Waals surface area contributed by atoms with Gasteiger partial charge in [0.25, 0.3) is 0 Å². The summed E-state index contributed by atoms with van der Waals surface area (Å²) in [5.41, 5.74) is 6.85. The highest BCUT2D eigenvalue weighted by Gasteiger charge is 2.38. The first-order valence-corrected chi connectivity index (χ1v) is 7.24. The largest absolute Gasteiger partial charge is 0.327 e. The standard InChI is InChI=1S/C15H29N/c1-15(2,3)12-8-9-14(16)13(10-12)11-6-4-5-7-11/h11-14H,4-10,16H2,1-3H3. The third kappa shape index (κ3) is 2.61. The van der Waals surface area contributed by atoms with Gasteiger partial charge in [-0.15, -0.1) is 0 Å². The molecule has 3 atom stereocenters. The van der Waals surface area contributed by atoms with Crippen molar-refractivity contribution in [3.05, 3.63) is 0 Å². The highest BCUT2D eigenvalue weighted by molar-refractivity contribution is 4.91. The molecule has 2 aliphatic carbocycles. The van der Waals surface area contributed by atoms with E-state index in [1.165, 1.54) is 44.9 Å². The summed E-state index contributed by atoms with van der Waals surface area (Å²) >= 11 is 0. The Morgan fingerprint density at radius 2 is 1.56 bits per heavy atom. The molecule has 0 saturated heterocycles. The smallest absolute Gasteiger partial charge is 0.00700 e. The highest BCUT2D eigenvalue weighted by Crippen LogP contribution is 2.45. The van der Waals surface area contributed by atoms with Crippen molar-refractivity contribution in [3.63, 3.8) is 0 Å². The van der Waals surface area contributed by atoms with Crippen LogP contribution in [0.3, 0.4) is 0 Å². The average Bonchev–Trinajstić information content (AvgIpc) is 2.69. The first-order valence-electron chi connectivity index (χ1n) is 7.24. The quantitative estimate of drug-likeness (QED) is 0.715. The first kappa shape index (κ1) is 12.4. The molecule has 16 heavy (non-hydrogen) atoms. The molecule has 0 aromatic rings. The molecule has 0 aromatic carbocycles. The molecule has 2 rings (SSSR count). The zero-order chi connectivity index (χ0) is 11.8. The normalized spacial score (nSPS) is 37.9. The second kappa shape index (κ2) is 4.68. The first-order chi connectivity index (χ1) is 7.48. The number of nitrogens with two attached hydrogens (primary N) is 1. The molecular weight excluding hydrogens is 194 g/mol. The third-order valence-electron chi connectivity index (χ3n) is 5.19. The molecule has 0 bridgehead atoms. The van der Waals surface area contributed by atoms with Crippen LogP contribution in [0, 0.1) is 23.2 Å². The molecule has 2 aliphatic rings. The van der Waals surface area contributed by atoms with Crippen LogP contribution in [-0.2, 0) is 0 Å². The second-order valence-corrected chi connectivity index (χ2v) is 7.25. The van der Waals surface area contributed by atoms with Crippen LogP contribution in [0.5, 0.6) is 0 Å². The lowest BCUT2D eigenvalue weighted by Gasteiger charge is -2.43. The molecule has 0 aliphatic heterocycles. The van der Waals surface area contributed by atoms with E-state index in [9.17, 15) is 0 Å². The van der Waals surface area contributed by atoms with E-state index >= 15 is 0 Å². The molecule has 1 heteroatoms. The third-order valence-corrected chi connectivity index (χ3v) is 5.19. The van der Waals surface area contributed by atoms with Gasteiger partial charge in [-0.3, -0.25) is 0 Å². The van der Waals surface area contributed by atoms with Gasteiger partial charge in [-0.1, -0.05) is 46.5 Å². The molecule has 0 aromatic heterocycles. The van der Waals surface area contributed by atoms with E-state index in [1.54, 1.807) is 0 Å². The molecule has 0 spiro atoms. The predicted molar refractivity (Wildman–Crippen MR) is 70.2 cm³/mol. The monoisotopic (exact) mass is 223 g/mol. The van der Waals surface area contributed by atoms with Crippen molar-refractivity contribution < 1.29 is 0 Å². The number of hydrogen-bond donors (Lipinski definition) is 1. The zero-order valence-corrected chi connectivity index (χ0v) is 11.3. The minimum absolute atomic E-state index is 0.483. The molecule has 0 heterocycles. The Balaban J connectivity index is 2.00.